The molecule has 3 heteroatoms. The minimum absolute atomic E-state index is 0.116. The molecule has 0 heterocycles. The minimum atomic E-state index is -0.386. The first kappa shape index (κ1) is 32.2. The molecule has 218 valence electrons. The first-order chi connectivity index (χ1) is 18.9. The molecule has 0 spiro atoms. The third-order valence-corrected chi connectivity index (χ3v) is 8.22. The van der Waals surface area contributed by atoms with E-state index in [9.17, 15) is 9.59 Å². The van der Waals surface area contributed by atoms with Gasteiger partial charge in [0.05, 0.1) is 0 Å². The van der Waals surface area contributed by atoms with E-state index in [4.69, 9.17) is 0 Å². The van der Waals surface area contributed by atoms with Crippen LogP contribution in [0.5, 0.6) is 0 Å². The van der Waals surface area contributed by atoms with E-state index >= 15 is 0 Å². The standard InChI is InChI=1S/C38H49NO2/c1-35(2,3)29-22-27(17-20-39-11)23-31(33(29)40)37(7,8)18-19-38(9,10)32-25-28(21-26-15-13-12-14-16-26)24-30(34(32)41)36(4,5)6/h12-17,20-25H,18-19H2,1-11H3/b27-17+,28-21-,39-20-. The topological polar surface area (TPSA) is 46.5 Å². The molecule has 0 saturated heterocycles. The van der Waals surface area contributed by atoms with E-state index in [1.54, 1.807) is 13.3 Å². The predicted molar refractivity (Wildman–Crippen MR) is 175 cm³/mol. The van der Waals surface area contributed by atoms with Crippen LogP contribution >= 0.6 is 0 Å². The maximum absolute atomic E-state index is 13.9. The van der Waals surface area contributed by atoms with Crippen LogP contribution in [0.2, 0.25) is 0 Å². The summed E-state index contributed by atoms with van der Waals surface area (Å²) in [4.78, 5) is 31.9. The first-order valence-corrected chi connectivity index (χ1v) is 14.7. The molecule has 0 fully saturated rings. The summed E-state index contributed by atoms with van der Waals surface area (Å²) in [5.41, 5.74) is 5.13. The Morgan fingerprint density at radius 1 is 0.610 bits per heavy atom. The van der Waals surface area contributed by atoms with Gasteiger partial charge in [0, 0.05) is 35.6 Å². The average Bonchev–Trinajstić information content (AvgIpc) is 2.87. The van der Waals surface area contributed by atoms with Crippen LogP contribution in [0.3, 0.4) is 0 Å². The van der Waals surface area contributed by atoms with Crippen molar-refractivity contribution in [2.24, 2.45) is 26.7 Å². The van der Waals surface area contributed by atoms with Crippen LogP contribution in [-0.4, -0.2) is 24.8 Å². The van der Waals surface area contributed by atoms with Crippen molar-refractivity contribution in [2.75, 3.05) is 7.05 Å². The van der Waals surface area contributed by atoms with Crippen LogP contribution in [-0.2, 0) is 9.59 Å². The summed E-state index contributed by atoms with van der Waals surface area (Å²) in [6.07, 6.45) is 15.6. The highest BCUT2D eigenvalue weighted by Crippen LogP contribution is 2.46. The molecule has 0 radical (unpaired) electrons. The fourth-order valence-electron chi connectivity index (χ4n) is 5.40. The number of Topliss-reactive ketones (excluding diaryl/α,β-unsaturated/α-hetero) is 2. The van der Waals surface area contributed by atoms with E-state index in [0.717, 1.165) is 51.8 Å². The lowest BCUT2D eigenvalue weighted by molar-refractivity contribution is -0.115. The van der Waals surface area contributed by atoms with E-state index in [2.05, 4.69) is 105 Å². The van der Waals surface area contributed by atoms with Crippen molar-refractivity contribution >= 4 is 23.9 Å². The predicted octanol–water partition coefficient (Wildman–Crippen LogP) is 9.49. The summed E-state index contributed by atoms with van der Waals surface area (Å²) >= 11 is 0. The number of benzene rings is 1. The van der Waals surface area contributed by atoms with Gasteiger partial charge >= 0.3 is 0 Å². The normalized spacial score (nSPS) is 19.5. The molecule has 1 aromatic rings. The Bertz CT molecular complexity index is 1400. The molecular weight excluding hydrogens is 502 g/mol. The molecule has 0 atom stereocenters. The lowest BCUT2D eigenvalue weighted by Gasteiger charge is -2.38. The zero-order chi connectivity index (χ0) is 30.8. The molecule has 3 rings (SSSR count). The summed E-state index contributed by atoms with van der Waals surface area (Å²) in [5.74, 6) is 0.241. The second-order valence-corrected chi connectivity index (χ2v) is 14.8. The lowest BCUT2D eigenvalue weighted by atomic mass is 9.65. The molecule has 41 heavy (non-hydrogen) atoms. The third-order valence-electron chi connectivity index (χ3n) is 8.22. The Labute approximate surface area is 248 Å². The second kappa shape index (κ2) is 11.9. The molecule has 0 N–H and O–H groups in total. The summed E-state index contributed by atoms with van der Waals surface area (Å²) < 4.78 is 0. The Hall–Kier alpha value is -3.33. The fraction of sp³-hybridized carbons (Fsp3) is 0.447. The van der Waals surface area contributed by atoms with Gasteiger partial charge in [-0.15, -0.1) is 0 Å². The quantitative estimate of drug-likeness (QED) is 0.317. The monoisotopic (exact) mass is 551 g/mol. The van der Waals surface area contributed by atoms with Gasteiger partial charge in [0.1, 0.15) is 0 Å². The first-order valence-electron chi connectivity index (χ1n) is 14.7. The zero-order valence-electron chi connectivity index (χ0n) is 27.1. The van der Waals surface area contributed by atoms with E-state index in [-0.39, 0.29) is 33.2 Å². The highest BCUT2D eigenvalue weighted by molar-refractivity contribution is 6.13. The molecule has 0 amide bonds. The molecular formula is C38H49NO2. The molecule has 0 bridgehead atoms. The molecule has 2 aliphatic carbocycles. The molecule has 0 aromatic heterocycles. The summed E-state index contributed by atoms with van der Waals surface area (Å²) in [7, 11) is 1.75. The molecule has 2 aliphatic rings. The van der Waals surface area contributed by atoms with Gasteiger partial charge in [-0.25, -0.2) is 0 Å². The number of ketones is 2. The van der Waals surface area contributed by atoms with Gasteiger partial charge < -0.3 is 0 Å². The summed E-state index contributed by atoms with van der Waals surface area (Å²) in [6, 6.07) is 10.2. The van der Waals surface area contributed by atoms with Gasteiger partial charge in [0.15, 0.2) is 11.6 Å². The number of hydrogen-bond acceptors (Lipinski definition) is 3. The molecule has 3 nitrogen and oxygen atoms in total. The lowest BCUT2D eigenvalue weighted by Crippen LogP contribution is -2.32. The number of nitrogens with zero attached hydrogens (tertiary/aromatic N) is 1. The van der Waals surface area contributed by atoms with E-state index in [0.29, 0.717) is 0 Å². The number of aliphatic imine (C=N–C) groups is 1. The maximum atomic E-state index is 13.9. The number of hydrogen-bond donors (Lipinski definition) is 0. The number of carbonyl (C=O) groups excluding carboxylic acids is 2. The van der Waals surface area contributed by atoms with Crippen LogP contribution in [0.15, 0.2) is 99.1 Å². The zero-order valence-corrected chi connectivity index (χ0v) is 27.1. The van der Waals surface area contributed by atoms with Crippen LogP contribution in [0.4, 0.5) is 0 Å². The van der Waals surface area contributed by atoms with Gasteiger partial charge in [-0.2, -0.15) is 0 Å². The Balaban J connectivity index is 1.97. The highest BCUT2D eigenvalue weighted by atomic mass is 16.1. The van der Waals surface area contributed by atoms with E-state index in [1.165, 1.54) is 0 Å². The molecule has 0 unspecified atom stereocenters. The van der Waals surface area contributed by atoms with E-state index in [1.807, 2.05) is 36.4 Å². The average molecular weight is 552 g/mol. The van der Waals surface area contributed by atoms with E-state index < -0.39 is 0 Å². The summed E-state index contributed by atoms with van der Waals surface area (Å²) in [6.45, 7) is 21.2. The Kier molecular flexibility index (Phi) is 9.33. The Morgan fingerprint density at radius 2 is 1.02 bits per heavy atom. The smallest absolute Gasteiger partial charge is 0.186 e. The Morgan fingerprint density at radius 3 is 1.46 bits per heavy atom. The van der Waals surface area contributed by atoms with Gasteiger partial charge in [-0.1, -0.05) is 99.6 Å². The largest absolute Gasteiger partial charge is 0.296 e. The van der Waals surface area contributed by atoms with Gasteiger partial charge in [-0.05, 0) is 87.7 Å². The van der Waals surface area contributed by atoms with Crippen molar-refractivity contribution in [1.82, 2.24) is 0 Å². The van der Waals surface area contributed by atoms with Crippen molar-refractivity contribution < 1.29 is 9.59 Å². The highest BCUT2D eigenvalue weighted by Gasteiger charge is 2.40. The number of carbonyl (C=O) groups is 2. The van der Waals surface area contributed by atoms with Crippen molar-refractivity contribution in [3.05, 3.63) is 99.7 Å². The van der Waals surface area contributed by atoms with Crippen molar-refractivity contribution in [1.29, 1.82) is 0 Å². The molecule has 1 aromatic carbocycles. The van der Waals surface area contributed by atoms with Crippen LogP contribution in [0, 0.1) is 21.7 Å². The van der Waals surface area contributed by atoms with Gasteiger partial charge in [-0.3, -0.25) is 14.6 Å². The molecule has 0 saturated carbocycles. The van der Waals surface area contributed by atoms with Crippen LogP contribution in [0.1, 0.15) is 87.6 Å². The van der Waals surface area contributed by atoms with Gasteiger partial charge in [0.2, 0.25) is 0 Å². The third kappa shape index (κ3) is 7.70. The second-order valence-electron chi connectivity index (χ2n) is 14.8. The fourth-order valence-corrected chi connectivity index (χ4v) is 5.40. The van der Waals surface area contributed by atoms with Crippen molar-refractivity contribution in [3.8, 4) is 0 Å². The SMILES string of the molecule is C/N=C\C=C1/C=C(C(C)(C)C)C(=O)C(C(C)(C)CCC(C)(C)C2=C/C(=C\c3ccccc3)C=C(C(C)(C)C)C2=O)=C1. The molecule has 0 aliphatic heterocycles. The maximum Gasteiger partial charge on any atom is 0.186 e. The van der Waals surface area contributed by atoms with Crippen molar-refractivity contribution in [2.45, 2.75) is 82.1 Å². The minimum Gasteiger partial charge on any atom is -0.296 e. The summed E-state index contributed by atoms with van der Waals surface area (Å²) in [5, 5.41) is 0. The number of allylic oxidation sites excluding steroid dienone is 11. The van der Waals surface area contributed by atoms with Gasteiger partial charge in [0.25, 0.3) is 0 Å². The van der Waals surface area contributed by atoms with Crippen LogP contribution in [0.25, 0.3) is 6.08 Å². The van der Waals surface area contributed by atoms with Crippen LogP contribution < -0.4 is 0 Å². The van der Waals surface area contributed by atoms with Crippen molar-refractivity contribution in [3.63, 3.8) is 0 Å². The number of rotatable bonds is 7.